The number of rotatable bonds is 7. The van der Waals surface area contributed by atoms with Gasteiger partial charge in [0, 0.05) is 16.4 Å². The summed E-state index contributed by atoms with van der Waals surface area (Å²) < 4.78 is 0.945. The maximum Gasteiger partial charge on any atom is 0.320 e. The minimum absolute atomic E-state index is 0.477. The van der Waals surface area contributed by atoms with Gasteiger partial charge >= 0.3 is 5.97 Å². The Balaban J connectivity index is 2.41. The second kappa shape index (κ2) is 7.68. The van der Waals surface area contributed by atoms with Crippen LogP contribution in [0.5, 0.6) is 0 Å². The molecule has 0 aliphatic carbocycles. The zero-order chi connectivity index (χ0) is 12.7. The molecule has 0 aromatic carbocycles. The fourth-order valence-electron chi connectivity index (χ4n) is 1.31. The van der Waals surface area contributed by atoms with E-state index in [0.717, 1.165) is 15.3 Å². The molecule has 1 unspecified atom stereocenters. The summed E-state index contributed by atoms with van der Waals surface area (Å²) in [6.45, 7) is 2.56. The molecule has 1 heterocycles. The van der Waals surface area contributed by atoms with Crippen LogP contribution in [0, 0.1) is 0 Å². The van der Waals surface area contributed by atoms with Crippen LogP contribution in [-0.2, 0) is 4.79 Å². The number of likely N-dealkylation sites (N-methyl/N-ethyl adjacent to an activating group) is 1. The molecule has 0 bridgehead atoms. The van der Waals surface area contributed by atoms with Gasteiger partial charge in [-0.15, -0.1) is 11.8 Å². The first-order chi connectivity index (χ1) is 8.15. The highest BCUT2D eigenvalue weighted by atomic mass is 79.9. The average molecular weight is 319 g/mol. The number of nitrogens with one attached hydrogen (secondary N) is 1. The monoisotopic (exact) mass is 318 g/mol. The molecule has 1 aromatic rings. The Morgan fingerprint density at radius 3 is 3.06 bits per heavy atom. The fourth-order valence-corrected chi connectivity index (χ4v) is 2.80. The number of halogens is 1. The molecule has 0 saturated carbocycles. The van der Waals surface area contributed by atoms with Gasteiger partial charge in [-0.25, -0.2) is 4.98 Å². The first-order valence-electron chi connectivity index (χ1n) is 5.34. The van der Waals surface area contributed by atoms with E-state index in [0.29, 0.717) is 13.0 Å². The van der Waals surface area contributed by atoms with Gasteiger partial charge in [0.1, 0.15) is 11.1 Å². The smallest absolute Gasteiger partial charge is 0.320 e. The summed E-state index contributed by atoms with van der Waals surface area (Å²) in [5, 5.41) is 12.8. The third-order valence-electron chi connectivity index (χ3n) is 2.12. The van der Waals surface area contributed by atoms with Crippen LogP contribution < -0.4 is 5.32 Å². The fraction of sp³-hybridized carbons (Fsp3) is 0.455. The Hall–Kier alpha value is -0.590. The highest BCUT2D eigenvalue weighted by molar-refractivity contribution is 9.10. The van der Waals surface area contributed by atoms with Crippen molar-refractivity contribution in [1.82, 2.24) is 10.3 Å². The molecule has 6 heteroatoms. The molecule has 0 amide bonds. The molecule has 1 aromatic heterocycles. The van der Waals surface area contributed by atoms with Crippen LogP contribution >= 0.6 is 27.7 Å². The van der Waals surface area contributed by atoms with Crippen LogP contribution in [-0.4, -0.2) is 34.4 Å². The van der Waals surface area contributed by atoms with Crippen molar-refractivity contribution in [2.75, 3.05) is 12.3 Å². The number of hydrogen-bond acceptors (Lipinski definition) is 4. The summed E-state index contributed by atoms with van der Waals surface area (Å²) in [4.78, 5) is 15.1. The minimum atomic E-state index is -0.799. The lowest BCUT2D eigenvalue weighted by atomic mass is 10.2. The van der Waals surface area contributed by atoms with Gasteiger partial charge in [-0.05, 0) is 41.0 Å². The van der Waals surface area contributed by atoms with Gasteiger partial charge in [-0.3, -0.25) is 4.79 Å². The topological polar surface area (TPSA) is 62.2 Å². The molecule has 0 fully saturated rings. The molecule has 0 radical (unpaired) electrons. The summed E-state index contributed by atoms with van der Waals surface area (Å²) in [7, 11) is 0. The Kier molecular flexibility index (Phi) is 6.54. The van der Waals surface area contributed by atoms with Crippen LogP contribution in [0.4, 0.5) is 0 Å². The Labute approximate surface area is 113 Å². The number of nitrogens with zero attached hydrogens (tertiary/aromatic N) is 1. The van der Waals surface area contributed by atoms with Crippen LogP contribution in [0.1, 0.15) is 13.3 Å². The summed E-state index contributed by atoms with van der Waals surface area (Å²) in [5.74, 6) is -0.0768. The van der Waals surface area contributed by atoms with Crippen molar-refractivity contribution >= 4 is 33.7 Å². The third-order valence-corrected chi connectivity index (χ3v) is 4.06. The highest BCUT2D eigenvalue weighted by Gasteiger charge is 2.15. The number of carbonyl (C=O) groups is 1. The summed E-state index contributed by atoms with van der Waals surface area (Å²) in [5.41, 5.74) is 0. The molecule has 2 N–H and O–H groups in total. The molecule has 94 valence electrons. The van der Waals surface area contributed by atoms with E-state index >= 15 is 0 Å². The Bertz CT molecular complexity index is 376. The normalized spacial score (nSPS) is 12.4. The summed E-state index contributed by atoms with van der Waals surface area (Å²) in [6.07, 6.45) is 2.31. The van der Waals surface area contributed by atoms with Crippen molar-refractivity contribution in [2.24, 2.45) is 0 Å². The first-order valence-corrected chi connectivity index (χ1v) is 7.12. The second-order valence-corrected chi connectivity index (χ2v) is 5.31. The van der Waals surface area contributed by atoms with Gasteiger partial charge in [0.15, 0.2) is 0 Å². The lowest BCUT2D eigenvalue weighted by Crippen LogP contribution is -2.36. The zero-order valence-corrected chi connectivity index (χ0v) is 11.9. The number of aliphatic carboxylic acids is 1. The lowest BCUT2D eigenvalue weighted by molar-refractivity contribution is -0.139. The number of pyridine rings is 1. The van der Waals surface area contributed by atoms with Crippen molar-refractivity contribution in [3.8, 4) is 0 Å². The number of hydrogen-bond donors (Lipinski definition) is 2. The van der Waals surface area contributed by atoms with E-state index in [4.69, 9.17) is 5.11 Å². The molecule has 0 aliphatic heterocycles. The van der Waals surface area contributed by atoms with E-state index in [-0.39, 0.29) is 0 Å². The van der Waals surface area contributed by atoms with Gasteiger partial charge < -0.3 is 10.4 Å². The van der Waals surface area contributed by atoms with Crippen molar-refractivity contribution < 1.29 is 9.90 Å². The average Bonchev–Trinajstić information content (AvgIpc) is 2.30. The van der Waals surface area contributed by atoms with E-state index in [2.05, 4.69) is 26.2 Å². The SMILES string of the molecule is CCNC(CCSc1ncccc1Br)C(=O)O. The molecule has 17 heavy (non-hydrogen) atoms. The molecule has 0 aliphatic rings. The van der Waals surface area contributed by atoms with E-state index in [1.807, 2.05) is 19.1 Å². The number of carboxylic acids is 1. The molecular weight excluding hydrogens is 304 g/mol. The predicted molar refractivity (Wildman–Crippen MR) is 72.4 cm³/mol. The Morgan fingerprint density at radius 1 is 1.71 bits per heavy atom. The standard InChI is InChI=1S/C11H15BrN2O2S/c1-2-13-9(11(15)16)5-7-17-10-8(12)4-3-6-14-10/h3-4,6,9,13H,2,5,7H2,1H3,(H,15,16). The van der Waals surface area contributed by atoms with Crippen molar-refractivity contribution in [1.29, 1.82) is 0 Å². The first kappa shape index (κ1) is 14.5. The van der Waals surface area contributed by atoms with E-state index < -0.39 is 12.0 Å². The van der Waals surface area contributed by atoms with Crippen molar-refractivity contribution in [3.63, 3.8) is 0 Å². The summed E-state index contributed by atoms with van der Waals surface area (Å²) in [6, 6.07) is 3.30. The minimum Gasteiger partial charge on any atom is -0.480 e. The highest BCUT2D eigenvalue weighted by Crippen LogP contribution is 2.25. The van der Waals surface area contributed by atoms with Crippen molar-refractivity contribution in [2.45, 2.75) is 24.4 Å². The van der Waals surface area contributed by atoms with E-state index in [9.17, 15) is 4.79 Å². The molecule has 4 nitrogen and oxygen atoms in total. The maximum absolute atomic E-state index is 10.9. The molecule has 0 spiro atoms. The molecule has 1 atom stereocenters. The van der Waals surface area contributed by atoms with Crippen LogP contribution in [0.15, 0.2) is 27.8 Å². The van der Waals surface area contributed by atoms with E-state index in [1.165, 1.54) is 0 Å². The Morgan fingerprint density at radius 2 is 2.47 bits per heavy atom. The van der Waals surface area contributed by atoms with Crippen molar-refractivity contribution in [3.05, 3.63) is 22.8 Å². The zero-order valence-electron chi connectivity index (χ0n) is 9.52. The van der Waals surface area contributed by atoms with Crippen LogP contribution in [0.2, 0.25) is 0 Å². The third kappa shape index (κ3) is 5.06. The number of aromatic nitrogens is 1. The van der Waals surface area contributed by atoms with E-state index in [1.54, 1.807) is 18.0 Å². The van der Waals surface area contributed by atoms with Gasteiger partial charge in [-0.1, -0.05) is 6.92 Å². The number of carboxylic acid groups (broad SMARTS) is 1. The molecule has 0 saturated heterocycles. The maximum atomic E-state index is 10.9. The van der Waals surface area contributed by atoms with Gasteiger partial charge in [0.25, 0.3) is 0 Å². The van der Waals surface area contributed by atoms with Gasteiger partial charge in [-0.2, -0.15) is 0 Å². The predicted octanol–water partition coefficient (Wildman–Crippen LogP) is 2.39. The van der Waals surface area contributed by atoms with Gasteiger partial charge in [0.05, 0.1) is 0 Å². The lowest BCUT2D eigenvalue weighted by Gasteiger charge is -2.12. The number of thioether (sulfide) groups is 1. The van der Waals surface area contributed by atoms with Crippen LogP contribution in [0.25, 0.3) is 0 Å². The van der Waals surface area contributed by atoms with Gasteiger partial charge in [0.2, 0.25) is 0 Å². The summed E-state index contributed by atoms with van der Waals surface area (Å²) >= 11 is 4.97. The second-order valence-electron chi connectivity index (χ2n) is 3.38. The molecular formula is C11H15BrN2O2S. The quantitative estimate of drug-likeness (QED) is 0.756. The van der Waals surface area contributed by atoms with Crippen LogP contribution in [0.3, 0.4) is 0 Å². The largest absolute Gasteiger partial charge is 0.480 e. The molecule has 1 rings (SSSR count).